The van der Waals surface area contributed by atoms with Crippen LogP contribution < -0.4 is 15.4 Å². The smallest absolute Gasteiger partial charge is 0.411 e. The number of aryl methyl sites for hydroxylation is 1. The van der Waals surface area contributed by atoms with E-state index in [1.807, 2.05) is 6.92 Å². The summed E-state index contributed by atoms with van der Waals surface area (Å²) in [6.45, 7) is 5.76. The standard InChI is InChI=1S/C28H27FN6O4/c1-19-25(33-28(36)38-15-12-34-10-13-37-14-11-34)18-35-27(19)26(20(16-30)17-31-35)32-22-4-8-24(9-5-22)39-23-6-2-21(29)3-7-23/h2-9,17-18,32H,10-15H2,1H3,(H,33,36). The molecule has 0 aliphatic carbocycles. The molecule has 2 aromatic carbocycles. The van der Waals surface area contributed by atoms with Crippen LogP contribution in [0.5, 0.6) is 11.5 Å². The van der Waals surface area contributed by atoms with Crippen LogP contribution in [-0.2, 0) is 9.47 Å². The molecule has 11 heteroatoms. The number of hydrogen-bond donors (Lipinski definition) is 2. The van der Waals surface area contributed by atoms with Crippen molar-refractivity contribution < 1.29 is 23.4 Å². The molecule has 1 aliphatic heterocycles. The number of nitrogens with zero attached hydrogens (tertiary/aromatic N) is 4. The number of anilines is 3. The number of carbonyl (C=O) groups excluding carboxylic acids is 1. The molecule has 0 atom stereocenters. The molecule has 2 N–H and O–H groups in total. The van der Waals surface area contributed by atoms with Gasteiger partial charge >= 0.3 is 6.09 Å². The van der Waals surface area contributed by atoms with E-state index in [0.29, 0.717) is 59.4 Å². The maximum atomic E-state index is 13.1. The number of rotatable bonds is 8. The third-order valence-corrected chi connectivity index (χ3v) is 6.33. The average molecular weight is 531 g/mol. The summed E-state index contributed by atoms with van der Waals surface area (Å²) in [5.41, 5.74) is 3.50. The Balaban J connectivity index is 1.29. The van der Waals surface area contributed by atoms with E-state index in [-0.39, 0.29) is 12.4 Å². The molecular weight excluding hydrogens is 503 g/mol. The zero-order valence-electron chi connectivity index (χ0n) is 21.3. The number of amides is 1. The van der Waals surface area contributed by atoms with Crippen molar-refractivity contribution in [3.63, 3.8) is 0 Å². The Labute approximate surface area is 224 Å². The summed E-state index contributed by atoms with van der Waals surface area (Å²) in [6, 6.07) is 15.1. The Morgan fingerprint density at radius 1 is 1.13 bits per heavy atom. The van der Waals surface area contributed by atoms with E-state index in [1.165, 1.54) is 18.3 Å². The molecule has 1 amide bonds. The van der Waals surface area contributed by atoms with Crippen LogP contribution in [0.3, 0.4) is 0 Å². The second-order valence-corrected chi connectivity index (χ2v) is 8.93. The van der Waals surface area contributed by atoms with Gasteiger partial charge in [-0.05, 0) is 55.5 Å². The lowest BCUT2D eigenvalue weighted by molar-refractivity contribution is 0.0290. The molecule has 200 valence electrons. The highest BCUT2D eigenvalue weighted by atomic mass is 19.1. The fourth-order valence-electron chi connectivity index (χ4n) is 4.25. The lowest BCUT2D eigenvalue weighted by Gasteiger charge is -2.26. The monoisotopic (exact) mass is 530 g/mol. The first-order valence-corrected chi connectivity index (χ1v) is 12.5. The van der Waals surface area contributed by atoms with Crippen molar-refractivity contribution in [2.45, 2.75) is 6.92 Å². The summed E-state index contributed by atoms with van der Waals surface area (Å²) in [5, 5.41) is 20.2. The first-order chi connectivity index (χ1) is 19.0. The van der Waals surface area contributed by atoms with Crippen LogP contribution in [-0.4, -0.2) is 60.1 Å². The minimum absolute atomic E-state index is 0.267. The predicted molar refractivity (Wildman–Crippen MR) is 143 cm³/mol. The predicted octanol–water partition coefficient (Wildman–Crippen LogP) is 5.07. The van der Waals surface area contributed by atoms with Crippen LogP contribution in [0.25, 0.3) is 5.52 Å². The van der Waals surface area contributed by atoms with Gasteiger partial charge in [-0.15, -0.1) is 0 Å². The number of benzene rings is 2. The second-order valence-electron chi connectivity index (χ2n) is 8.93. The minimum atomic E-state index is -0.561. The van der Waals surface area contributed by atoms with Gasteiger partial charge in [0.05, 0.1) is 48.1 Å². The van der Waals surface area contributed by atoms with E-state index < -0.39 is 6.09 Å². The van der Waals surface area contributed by atoms with Gasteiger partial charge in [0.15, 0.2) is 0 Å². The van der Waals surface area contributed by atoms with Gasteiger partial charge in [-0.25, -0.2) is 13.7 Å². The van der Waals surface area contributed by atoms with Crippen molar-refractivity contribution in [2.75, 3.05) is 50.1 Å². The van der Waals surface area contributed by atoms with Crippen molar-refractivity contribution in [3.05, 3.63) is 77.9 Å². The van der Waals surface area contributed by atoms with E-state index in [0.717, 1.165) is 18.7 Å². The normalized spacial score (nSPS) is 13.6. The molecule has 2 aromatic heterocycles. The van der Waals surface area contributed by atoms with Gasteiger partial charge in [-0.3, -0.25) is 10.2 Å². The first kappa shape index (κ1) is 26.0. The summed E-state index contributed by atoms with van der Waals surface area (Å²) < 4.78 is 31.2. The Kier molecular flexibility index (Phi) is 7.86. The average Bonchev–Trinajstić information content (AvgIpc) is 3.26. The highest BCUT2D eigenvalue weighted by Gasteiger charge is 2.18. The second kappa shape index (κ2) is 11.8. The van der Waals surface area contributed by atoms with Crippen LogP contribution >= 0.6 is 0 Å². The lowest BCUT2D eigenvalue weighted by Crippen LogP contribution is -2.38. The molecule has 1 fully saturated rings. The quantitative estimate of drug-likeness (QED) is 0.325. The van der Waals surface area contributed by atoms with Crippen LogP contribution in [0.15, 0.2) is 60.9 Å². The van der Waals surface area contributed by atoms with Crippen molar-refractivity contribution >= 4 is 28.7 Å². The molecule has 1 saturated heterocycles. The van der Waals surface area contributed by atoms with Gasteiger partial charge in [0.25, 0.3) is 0 Å². The van der Waals surface area contributed by atoms with Crippen molar-refractivity contribution in [1.82, 2.24) is 14.5 Å². The maximum absolute atomic E-state index is 13.1. The van der Waals surface area contributed by atoms with Crippen molar-refractivity contribution in [1.29, 1.82) is 5.26 Å². The largest absolute Gasteiger partial charge is 0.457 e. The fourth-order valence-corrected chi connectivity index (χ4v) is 4.25. The van der Waals surface area contributed by atoms with Gasteiger partial charge in [-0.2, -0.15) is 10.4 Å². The highest BCUT2D eigenvalue weighted by Crippen LogP contribution is 2.33. The fraction of sp³-hybridized carbons (Fsp3) is 0.250. The molecular formula is C28H27FN6O4. The topological polar surface area (TPSA) is 113 Å². The summed E-state index contributed by atoms with van der Waals surface area (Å²) in [7, 11) is 0. The molecule has 0 spiro atoms. The van der Waals surface area contributed by atoms with Gasteiger partial charge < -0.3 is 19.5 Å². The number of hydrogen-bond acceptors (Lipinski definition) is 8. The molecule has 0 radical (unpaired) electrons. The number of ether oxygens (including phenoxy) is 3. The van der Waals surface area contributed by atoms with Crippen molar-refractivity contribution in [3.8, 4) is 17.6 Å². The zero-order valence-corrected chi connectivity index (χ0v) is 21.3. The molecule has 39 heavy (non-hydrogen) atoms. The lowest BCUT2D eigenvalue weighted by atomic mass is 10.1. The summed E-state index contributed by atoms with van der Waals surface area (Å²) in [5.74, 6) is 0.756. The molecule has 10 nitrogen and oxygen atoms in total. The van der Waals surface area contributed by atoms with Gasteiger partial charge in [0.2, 0.25) is 0 Å². The molecule has 3 heterocycles. The number of nitriles is 1. The number of aromatic nitrogens is 2. The SMILES string of the molecule is Cc1c(NC(=O)OCCN2CCOCC2)cn2ncc(C#N)c(Nc3ccc(Oc4ccc(F)cc4)cc3)c12. The molecule has 0 bridgehead atoms. The van der Waals surface area contributed by atoms with E-state index in [2.05, 4.69) is 26.7 Å². The molecule has 1 aliphatic rings. The summed E-state index contributed by atoms with van der Waals surface area (Å²) in [6.07, 6.45) is 2.58. The van der Waals surface area contributed by atoms with E-state index in [4.69, 9.17) is 14.2 Å². The van der Waals surface area contributed by atoms with E-state index in [1.54, 1.807) is 47.1 Å². The van der Waals surface area contributed by atoms with Crippen LogP contribution in [0, 0.1) is 24.1 Å². The van der Waals surface area contributed by atoms with Gasteiger partial charge in [-0.1, -0.05) is 0 Å². The molecule has 5 rings (SSSR count). The number of carbonyl (C=O) groups is 1. The Bertz CT molecular complexity index is 1490. The Hall–Kier alpha value is -4.66. The van der Waals surface area contributed by atoms with E-state index in [9.17, 15) is 14.4 Å². The van der Waals surface area contributed by atoms with Crippen LogP contribution in [0.1, 0.15) is 11.1 Å². The number of morpholine rings is 1. The molecule has 0 unspecified atom stereocenters. The number of nitrogens with one attached hydrogen (secondary N) is 2. The summed E-state index contributed by atoms with van der Waals surface area (Å²) in [4.78, 5) is 14.6. The third kappa shape index (κ3) is 6.26. The Morgan fingerprint density at radius 2 is 1.82 bits per heavy atom. The van der Waals surface area contributed by atoms with E-state index >= 15 is 0 Å². The van der Waals surface area contributed by atoms with Crippen LogP contribution in [0.4, 0.5) is 26.2 Å². The van der Waals surface area contributed by atoms with Gasteiger partial charge in [0, 0.05) is 30.9 Å². The minimum Gasteiger partial charge on any atom is -0.457 e. The highest BCUT2D eigenvalue weighted by molar-refractivity contribution is 5.92. The molecule has 4 aromatic rings. The third-order valence-electron chi connectivity index (χ3n) is 6.33. The first-order valence-electron chi connectivity index (χ1n) is 12.5. The zero-order chi connectivity index (χ0) is 27.2. The number of fused-ring (bicyclic) bond motifs is 1. The molecule has 0 saturated carbocycles. The summed E-state index contributed by atoms with van der Waals surface area (Å²) >= 11 is 0. The Morgan fingerprint density at radius 3 is 2.51 bits per heavy atom. The number of halogens is 1. The van der Waals surface area contributed by atoms with Crippen LogP contribution in [0.2, 0.25) is 0 Å². The van der Waals surface area contributed by atoms with Crippen molar-refractivity contribution in [2.24, 2.45) is 0 Å². The van der Waals surface area contributed by atoms with Gasteiger partial charge in [0.1, 0.15) is 30.0 Å². The maximum Gasteiger partial charge on any atom is 0.411 e.